The van der Waals surface area contributed by atoms with Gasteiger partial charge in [0.05, 0.1) is 6.54 Å². The monoisotopic (exact) mass is 342 g/mol. The van der Waals surface area contributed by atoms with Gasteiger partial charge in [-0.2, -0.15) is 4.98 Å². The molecule has 3 rings (SSSR count). The molecule has 1 aliphatic rings. The zero-order valence-corrected chi connectivity index (χ0v) is 15.5. The molecule has 1 N–H and O–H groups in total. The summed E-state index contributed by atoms with van der Waals surface area (Å²) in [6.45, 7) is 3.66. The van der Waals surface area contributed by atoms with Gasteiger partial charge in [-0.15, -0.1) is 0 Å². The van der Waals surface area contributed by atoms with Gasteiger partial charge in [0.1, 0.15) is 0 Å². The maximum absolute atomic E-state index is 5.32. The normalized spacial score (nSPS) is 15.6. The quantitative estimate of drug-likeness (QED) is 0.770. The first kappa shape index (κ1) is 17.9. The summed E-state index contributed by atoms with van der Waals surface area (Å²) in [6, 6.07) is 9.24. The van der Waals surface area contributed by atoms with Crippen molar-refractivity contribution < 1.29 is 4.52 Å². The maximum atomic E-state index is 5.32. The van der Waals surface area contributed by atoms with Gasteiger partial charge in [0.15, 0.2) is 5.82 Å². The molecule has 0 aliphatic heterocycles. The minimum atomic E-state index is 0.570. The minimum Gasteiger partial charge on any atom is -0.376 e. The number of anilines is 1. The van der Waals surface area contributed by atoms with E-state index in [0.717, 1.165) is 30.9 Å². The summed E-state index contributed by atoms with van der Waals surface area (Å²) in [6.07, 6.45) is 8.68. The van der Waals surface area contributed by atoms with Gasteiger partial charge < -0.3 is 9.84 Å². The molecule has 1 fully saturated rings. The van der Waals surface area contributed by atoms with Crippen LogP contribution in [0.1, 0.15) is 62.7 Å². The number of para-hydroxylation sites is 1. The van der Waals surface area contributed by atoms with Crippen molar-refractivity contribution in [1.29, 1.82) is 0 Å². The molecule has 1 aromatic heterocycles. The van der Waals surface area contributed by atoms with Crippen LogP contribution >= 0.6 is 0 Å². The van der Waals surface area contributed by atoms with Gasteiger partial charge in [0, 0.05) is 24.7 Å². The molecule has 5 nitrogen and oxygen atoms in total. The zero-order chi connectivity index (χ0) is 17.5. The van der Waals surface area contributed by atoms with E-state index in [2.05, 4.69) is 58.6 Å². The third-order valence-electron chi connectivity index (χ3n) is 5.05. The smallest absolute Gasteiger partial charge is 0.245 e. The predicted octanol–water partition coefficient (Wildman–Crippen LogP) is 4.40. The van der Waals surface area contributed by atoms with Crippen LogP contribution in [0.2, 0.25) is 0 Å². The first-order valence-corrected chi connectivity index (χ1v) is 9.59. The van der Waals surface area contributed by atoms with Gasteiger partial charge >= 0.3 is 0 Å². The first-order chi connectivity index (χ1) is 12.3. The molecule has 2 aromatic rings. The molecule has 1 aromatic carbocycles. The number of nitrogens with one attached hydrogen (secondary N) is 1. The van der Waals surface area contributed by atoms with Crippen molar-refractivity contribution >= 4 is 5.69 Å². The molecule has 0 saturated heterocycles. The highest BCUT2D eigenvalue weighted by atomic mass is 16.5. The topological polar surface area (TPSA) is 54.2 Å². The van der Waals surface area contributed by atoms with Gasteiger partial charge in [-0.1, -0.05) is 49.5 Å². The summed E-state index contributed by atoms with van der Waals surface area (Å²) < 4.78 is 5.32. The average Bonchev–Trinajstić information content (AvgIpc) is 3.09. The molecule has 5 heteroatoms. The highest BCUT2D eigenvalue weighted by molar-refractivity contribution is 5.51. The Morgan fingerprint density at radius 1 is 1.20 bits per heavy atom. The van der Waals surface area contributed by atoms with E-state index >= 15 is 0 Å². The predicted molar refractivity (Wildman–Crippen MR) is 100 cm³/mol. The fraction of sp³-hybridized carbons (Fsp3) is 0.600. The highest BCUT2D eigenvalue weighted by Crippen LogP contribution is 2.25. The van der Waals surface area contributed by atoms with E-state index in [1.54, 1.807) is 0 Å². The Balaban J connectivity index is 1.59. The average molecular weight is 342 g/mol. The number of nitrogens with zero attached hydrogens (tertiary/aromatic N) is 3. The SMILES string of the molecule is CCCc1noc(CNc2ccccc2CN(C)C2CCCCC2)n1. The number of hydrogen-bond acceptors (Lipinski definition) is 5. The largest absolute Gasteiger partial charge is 0.376 e. The lowest BCUT2D eigenvalue weighted by atomic mass is 9.94. The van der Waals surface area contributed by atoms with E-state index < -0.39 is 0 Å². The Labute approximate surface area is 150 Å². The van der Waals surface area contributed by atoms with Gasteiger partial charge in [-0.05, 0) is 37.9 Å². The molecule has 1 heterocycles. The van der Waals surface area contributed by atoms with Crippen LogP contribution in [0.5, 0.6) is 0 Å². The number of aromatic nitrogens is 2. The summed E-state index contributed by atoms with van der Waals surface area (Å²) in [5.74, 6) is 1.45. The molecular formula is C20H30N4O. The molecular weight excluding hydrogens is 312 g/mol. The maximum Gasteiger partial charge on any atom is 0.245 e. The lowest BCUT2D eigenvalue weighted by Gasteiger charge is -2.31. The molecule has 1 saturated carbocycles. The molecule has 0 radical (unpaired) electrons. The zero-order valence-electron chi connectivity index (χ0n) is 15.5. The number of aryl methyl sites for hydroxylation is 1. The summed E-state index contributed by atoms with van der Waals surface area (Å²) in [5, 5.41) is 7.49. The highest BCUT2D eigenvalue weighted by Gasteiger charge is 2.18. The van der Waals surface area contributed by atoms with Crippen LogP contribution in [-0.4, -0.2) is 28.1 Å². The number of benzene rings is 1. The Bertz CT molecular complexity index is 649. The van der Waals surface area contributed by atoms with E-state index in [4.69, 9.17) is 4.52 Å². The van der Waals surface area contributed by atoms with Gasteiger partial charge in [0.25, 0.3) is 0 Å². The molecule has 0 unspecified atom stereocenters. The lowest BCUT2D eigenvalue weighted by molar-refractivity contribution is 0.185. The first-order valence-electron chi connectivity index (χ1n) is 9.59. The van der Waals surface area contributed by atoms with Crippen molar-refractivity contribution in [2.24, 2.45) is 0 Å². The second-order valence-electron chi connectivity index (χ2n) is 7.07. The fourth-order valence-electron chi connectivity index (χ4n) is 3.61. The van der Waals surface area contributed by atoms with Crippen LogP contribution in [0.4, 0.5) is 5.69 Å². The van der Waals surface area contributed by atoms with Crippen molar-refractivity contribution in [1.82, 2.24) is 15.0 Å². The summed E-state index contributed by atoms with van der Waals surface area (Å²) in [4.78, 5) is 6.93. The number of rotatable bonds is 8. The number of hydrogen-bond donors (Lipinski definition) is 1. The Kier molecular flexibility index (Phi) is 6.45. The fourth-order valence-corrected chi connectivity index (χ4v) is 3.61. The molecule has 0 bridgehead atoms. The van der Waals surface area contributed by atoms with Crippen molar-refractivity contribution in [2.45, 2.75) is 71.0 Å². The van der Waals surface area contributed by atoms with Crippen molar-refractivity contribution in [3.63, 3.8) is 0 Å². The minimum absolute atomic E-state index is 0.570. The van der Waals surface area contributed by atoms with Crippen LogP contribution in [0, 0.1) is 0 Å². The van der Waals surface area contributed by atoms with Crippen molar-refractivity contribution in [3.8, 4) is 0 Å². The third-order valence-corrected chi connectivity index (χ3v) is 5.05. The van der Waals surface area contributed by atoms with E-state index in [1.807, 2.05) is 0 Å². The molecule has 1 aliphatic carbocycles. The van der Waals surface area contributed by atoms with Crippen molar-refractivity contribution in [2.75, 3.05) is 12.4 Å². The van der Waals surface area contributed by atoms with E-state index in [1.165, 1.54) is 37.7 Å². The summed E-state index contributed by atoms with van der Waals surface area (Å²) >= 11 is 0. The van der Waals surface area contributed by atoms with Gasteiger partial charge in [-0.3, -0.25) is 4.90 Å². The Morgan fingerprint density at radius 2 is 2.00 bits per heavy atom. The lowest BCUT2D eigenvalue weighted by Crippen LogP contribution is -2.33. The summed E-state index contributed by atoms with van der Waals surface area (Å²) in [5.41, 5.74) is 2.48. The second-order valence-corrected chi connectivity index (χ2v) is 7.07. The van der Waals surface area contributed by atoms with Gasteiger partial charge in [-0.25, -0.2) is 0 Å². The molecule has 0 amide bonds. The molecule has 25 heavy (non-hydrogen) atoms. The van der Waals surface area contributed by atoms with Crippen LogP contribution in [0.15, 0.2) is 28.8 Å². The summed E-state index contributed by atoms with van der Waals surface area (Å²) in [7, 11) is 2.25. The molecule has 0 spiro atoms. The van der Waals surface area contributed by atoms with Crippen LogP contribution in [-0.2, 0) is 19.5 Å². The Morgan fingerprint density at radius 3 is 2.80 bits per heavy atom. The second kappa shape index (κ2) is 8.99. The molecule has 0 atom stereocenters. The van der Waals surface area contributed by atoms with Crippen LogP contribution in [0.25, 0.3) is 0 Å². The van der Waals surface area contributed by atoms with Crippen molar-refractivity contribution in [3.05, 3.63) is 41.5 Å². The van der Waals surface area contributed by atoms with E-state index in [-0.39, 0.29) is 0 Å². The van der Waals surface area contributed by atoms with E-state index in [0.29, 0.717) is 18.5 Å². The standard InChI is InChI=1S/C20H30N4O/c1-3-9-19-22-20(25-23-19)14-21-18-13-8-7-10-16(18)15-24(2)17-11-5-4-6-12-17/h7-8,10,13,17,21H,3-6,9,11-12,14-15H2,1-2H3. The van der Waals surface area contributed by atoms with E-state index in [9.17, 15) is 0 Å². The Hall–Kier alpha value is -1.88. The molecule has 136 valence electrons. The van der Waals surface area contributed by atoms with Crippen LogP contribution in [0.3, 0.4) is 0 Å². The van der Waals surface area contributed by atoms with Gasteiger partial charge in [0.2, 0.25) is 5.89 Å². The third kappa shape index (κ3) is 5.05. The van der Waals surface area contributed by atoms with Crippen LogP contribution < -0.4 is 5.32 Å².